The maximum Gasteiger partial charge on any atom is 0.0135 e. The number of aryl methyl sites for hydroxylation is 2. The molecule has 0 amide bonds. The molecule has 2 heteroatoms. The molecule has 0 radical (unpaired) electrons. The fraction of sp³-hybridized carbons (Fsp3) is 0.571. The van der Waals surface area contributed by atoms with E-state index < -0.39 is 0 Å². The Balaban J connectivity index is 2.11. The molecule has 1 fully saturated rings. The van der Waals surface area contributed by atoms with Crippen molar-refractivity contribution in [2.75, 3.05) is 6.54 Å². The number of hydrogen-bond acceptors (Lipinski definition) is 2. The predicted octanol–water partition coefficient (Wildman–Crippen LogP) is 3.52. The molecule has 2 unspecified atom stereocenters. The minimum atomic E-state index is 0.727. The highest BCUT2D eigenvalue weighted by Crippen LogP contribution is 2.39. The highest BCUT2D eigenvalue weighted by atomic mass is 32.2. The van der Waals surface area contributed by atoms with E-state index in [2.05, 4.69) is 32.0 Å². The van der Waals surface area contributed by atoms with Crippen LogP contribution in [0.15, 0.2) is 23.1 Å². The Morgan fingerprint density at radius 1 is 1.31 bits per heavy atom. The Morgan fingerprint density at radius 2 is 2.12 bits per heavy atom. The summed E-state index contributed by atoms with van der Waals surface area (Å²) in [5.74, 6) is 0.727. The van der Waals surface area contributed by atoms with E-state index in [9.17, 15) is 0 Å². The van der Waals surface area contributed by atoms with Crippen molar-refractivity contribution in [3.05, 3.63) is 29.3 Å². The lowest BCUT2D eigenvalue weighted by molar-refractivity contribution is 0.573. The third-order valence-electron chi connectivity index (χ3n) is 3.51. The van der Waals surface area contributed by atoms with Crippen molar-refractivity contribution in [3.63, 3.8) is 0 Å². The fourth-order valence-corrected chi connectivity index (χ4v) is 3.98. The average molecular weight is 235 g/mol. The maximum absolute atomic E-state index is 5.83. The second-order valence-electron chi connectivity index (χ2n) is 4.85. The normalized spacial score (nSPS) is 24.9. The van der Waals surface area contributed by atoms with E-state index in [1.165, 1.54) is 35.3 Å². The zero-order valence-electron chi connectivity index (χ0n) is 10.2. The number of hydrogen-bond donors (Lipinski definition) is 1. The smallest absolute Gasteiger partial charge is 0.0135 e. The summed E-state index contributed by atoms with van der Waals surface area (Å²) in [6.07, 6.45) is 4.00. The number of nitrogens with two attached hydrogens (primary N) is 1. The van der Waals surface area contributed by atoms with Gasteiger partial charge < -0.3 is 5.73 Å². The molecule has 0 saturated heterocycles. The first-order valence-corrected chi connectivity index (χ1v) is 7.02. The molecule has 0 heterocycles. The van der Waals surface area contributed by atoms with Crippen LogP contribution in [0.1, 0.15) is 30.4 Å². The van der Waals surface area contributed by atoms with Gasteiger partial charge in [-0.05, 0) is 50.8 Å². The van der Waals surface area contributed by atoms with Gasteiger partial charge in [0.05, 0.1) is 0 Å². The van der Waals surface area contributed by atoms with Gasteiger partial charge in [-0.25, -0.2) is 0 Å². The molecule has 1 saturated carbocycles. The molecule has 0 spiro atoms. The van der Waals surface area contributed by atoms with E-state index in [4.69, 9.17) is 5.73 Å². The SMILES string of the molecule is Cc1ccc(C)c(SC2CCCC2CN)c1. The molecule has 1 aromatic rings. The van der Waals surface area contributed by atoms with Crippen LogP contribution < -0.4 is 5.73 Å². The monoisotopic (exact) mass is 235 g/mol. The van der Waals surface area contributed by atoms with Gasteiger partial charge in [0.2, 0.25) is 0 Å². The molecule has 16 heavy (non-hydrogen) atoms. The molecular formula is C14H21NS. The molecule has 0 aromatic heterocycles. The number of thioether (sulfide) groups is 1. The molecule has 2 rings (SSSR count). The van der Waals surface area contributed by atoms with Crippen molar-refractivity contribution < 1.29 is 0 Å². The van der Waals surface area contributed by atoms with Gasteiger partial charge in [0.15, 0.2) is 0 Å². The minimum absolute atomic E-state index is 0.727. The molecule has 88 valence electrons. The summed E-state index contributed by atoms with van der Waals surface area (Å²) in [4.78, 5) is 1.45. The van der Waals surface area contributed by atoms with Gasteiger partial charge in [-0.3, -0.25) is 0 Å². The van der Waals surface area contributed by atoms with Crippen LogP contribution >= 0.6 is 11.8 Å². The van der Waals surface area contributed by atoms with Crippen molar-refractivity contribution in [2.24, 2.45) is 11.7 Å². The number of benzene rings is 1. The maximum atomic E-state index is 5.83. The third kappa shape index (κ3) is 2.61. The largest absolute Gasteiger partial charge is 0.330 e. The summed E-state index contributed by atoms with van der Waals surface area (Å²) in [6, 6.07) is 6.73. The predicted molar refractivity (Wildman–Crippen MR) is 72.0 cm³/mol. The van der Waals surface area contributed by atoms with Crippen molar-refractivity contribution in [2.45, 2.75) is 43.3 Å². The highest BCUT2D eigenvalue weighted by molar-refractivity contribution is 8.00. The Hall–Kier alpha value is -0.470. The molecule has 1 nitrogen and oxygen atoms in total. The summed E-state index contributed by atoms with van der Waals surface area (Å²) in [6.45, 7) is 5.22. The second-order valence-corrected chi connectivity index (χ2v) is 6.13. The highest BCUT2D eigenvalue weighted by Gasteiger charge is 2.27. The first-order chi connectivity index (χ1) is 7.70. The Kier molecular flexibility index (Phi) is 3.93. The average Bonchev–Trinajstić information content (AvgIpc) is 2.71. The fourth-order valence-electron chi connectivity index (χ4n) is 2.42. The van der Waals surface area contributed by atoms with Gasteiger partial charge in [0.1, 0.15) is 0 Å². The zero-order valence-corrected chi connectivity index (χ0v) is 11.0. The standard InChI is InChI=1S/C14H21NS/c1-10-6-7-11(2)14(8-10)16-13-5-3-4-12(13)9-15/h6-8,12-13H,3-5,9,15H2,1-2H3. The zero-order chi connectivity index (χ0) is 11.5. The van der Waals surface area contributed by atoms with Gasteiger partial charge in [-0.2, -0.15) is 0 Å². The van der Waals surface area contributed by atoms with Crippen LogP contribution in [0.25, 0.3) is 0 Å². The van der Waals surface area contributed by atoms with Crippen LogP contribution in [0.4, 0.5) is 0 Å². The van der Waals surface area contributed by atoms with Gasteiger partial charge in [0, 0.05) is 10.1 Å². The Labute approximate surface area is 103 Å². The van der Waals surface area contributed by atoms with Crippen molar-refractivity contribution in [1.82, 2.24) is 0 Å². The van der Waals surface area contributed by atoms with E-state index in [0.29, 0.717) is 0 Å². The lowest BCUT2D eigenvalue weighted by Gasteiger charge is -2.18. The van der Waals surface area contributed by atoms with Crippen LogP contribution in [-0.4, -0.2) is 11.8 Å². The Morgan fingerprint density at radius 3 is 2.88 bits per heavy atom. The molecule has 0 bridgehead atoms. The van der Waals surface area contributed by atoms with Crippen LogP contribution in [0.5, 0.6) is 0 Å². The van der Waals surface area contributed by atoms with E-state index in [1.54, 1.807) is 0 Å². The van der Waals surface area contributed by atoms with Crippen LogP contribution in [-0.2, 0) is 0 Å². The third-order valence-corrected chi connectivity index (χ3v) is 5.13. The molecular weight excluding hydrogens is 214 g/mol. The van der Waals surface area contributed by atoms with Gasteiger partial charge in [-0.1, -0.05) is 24.1 Å². The van der Waals surface area contributed by atoms with Crippen LogP contribution in [0.2, 0.25) is 0 Å². The minimum Gasteiger partial charge on any atom is -0.330 e. The summed E-state index contributed by atoms with van der Waals surface area (Å²) >= 11 is 2.04. The Bertz CT molecular complexity index is 362. The molecule has 1 aromatic carbocycles. The first kappa shape index (κ1) is 12.0. The number of rotatable bonds is 3. The van der Waals surface area contributed by atoms with Crippen molar-refractivity contribution in [1.29, 1.82) is 0 Å². The van der Waals surface area contributed by atoms with Gasteiger partial charge in [-0.15, -0.1) is 11.8 Å². The van der Waals surface area contributed by atoms with Crippen molar-refractivity contribution in [3.8, 4) is 0 Å². The van der Waals surface area contributed by atoms with Crippen molar-refractivity contribution >= 4 is 11.8 Å². The lowest BCUT2D eigenvalue weighted by atomic mass is 10.1. The summed E-state index contributed by atoms with van der Waals surface area (Å²) < 4.78 is 0. The van der Waals surface area contributed by atoms with Crippen LogP contribution in [0.3, 0.4) is 0 Å². The molecule has 2 N–H and O–H groups in total. The van der Waals surface area contributed by atoms with E-state index in [0.717, 1.165) is 17.7 Å². The molecule has 1 aliphatic rings. The van der Waals surface area contributed by atoms with Gasteiger partial charge >= 0.3 is 0 Å². The summed E-state index contributed by atoms with van der Waals surface area (Å²) in [5, 5.41) is 0.741. The lowest BCUT2D eigenvalue weighted by Crippen LogP contribution is -2.20. The quantitative estimate of drug-likeness (QED) is 0.867. The van der Waals surface area contributed by atoms with E-state index >= 15 is 0 Å². The van der Waals surface area contributed by atoms with Gasteiger partial charge in [0.25, 0.3) is 0 Å². The molecule has 0 aliphatic heterocycles. The first-order valence-electron chi connectivity index (χ1n) is 6.14. The second kappa shape index (κ2) is 5.24. The molecule has 1 aliphatic carbocycles. The van der Waals surface area contributed by atoms with E-state index in [-0.39, 0.29) is 0 Å². The topological polar surface area (TPSA) is 26.0 Å². The summed E-state index contributed by atoms with van der Waals surface area (Å²) in [7, 11) is 0. The van der Waals surface area contributed by atoms with E-state index in [1.807, 2.05) is 11.8 Å². The molecule has 2 atom stereocenters. The van der Waals surface area contributed by atoms with Crippen LogP contribution in [0, 0.1) is 19.8 Å². The summed E-state index contributed by atoms with van der Waals surface area (Å²) in [5.41, 5.74) is 8.59.